The molecule has 13 heavy (non-hydrogen) atoms. The van der Waals surface area contributed by atoms with Crippen molar-refractivity contribution in [3.8, 4) is 0 Å². The minimum absolute atomic E-state index is 0.208. The van der Waals surface area contributed by atoms with Crippen molar-refractivity contribution in [1.82, 2.24) is 9.44 Å². The second-order valence-corrected chi connectivity index (χ2v) is 3.95. The molecule has 1 atom stereocenters. The molecule has 0 heterocycles. The Morgan fingerprint density at radius 3 is 2.31 bits per heavy atom. The average molecular weight is 210 g/mol. The largest absolute Gasteiger partial charge is 0.480 e. The lowest BCUT2D eigenvalue weighted by molar-refractivity contribution is -0.139. The molecule has 0 aliphatic heterocycles. The van der Waals surface area contributed by atoms with Crippen LogP contribution in [0.25, 0.3) is 0 Å². The van der Waals surface area contributed by atoms with Gasteiger partial charge in [-0.1, -0.05) is 13.8 Å². The Bertz CT molecular complexity index is 262. The maximum atomic E-state index is 11.0. The standard InChI is InChI=1S/C6H14N2O4S/c1-3-5(6(9)10)8-13(11,12)7-4-2/h5,7-8H,3-4H2,1-2H3,(H,9,10). The molecule has 0 aliphatic carbocycles. The Hall–Kier alpha value is -0.660. The van der Waals surface area contributed by atoms with E-state index >= 15 is 0 Å². The van der Waals surface area contributed by atoms with E-state index in [-0.39, 0.29) is 13.0 Å². The lowest BCUT2D eigenvalue weighted by atomic mass is 10.2. The summed E-state index contributed by atoms with van der Waals surface area (Å²) in [6.45, 7) is 3.43. The van der Waals surface area contributed by atoms with E-state index < -0.39 is 22.2 Å². The molecule has 0 radical (unpaired) electrons. The molecule has 0 spiro atoms. The number of carboxylic acids is 1. The molecule has 78 valence electrons. The Kier molecular flexibility index (Phi) is 4.89. The van der Waals surface area contributed by atoms with E-state index in [2.05, 4.69) is 4.72 Å². The highest BCUT2D eigenvalue weighted by Crippen LogP contribution is 1.92. The molecule has 6 nitrogen and oxygen atoms in total. The Morgan fingerprint density at radius 1 is 1.46 bits per heavy atom. The third-order valence-electron chi connectivity index (χ3n) is 1.34. The molecular formula is C6H14N2O4S. The van der Waals surface area contributed by atoms with Crippen LogP contribution < -0.4 is 9.44 Å². The molecule has 0 saturated heterocycles. The fourth-order valence-corrected chi connectivity index (χ4v) is 1.83. The van der Waals surface area contributed by atoms with E-state index in [0.717, 1.165) is 0 Å². The Balaban J connectivity index is 4.31. The van der Waals surface area contributed by atoms with Gasteiger partial charge in [0.2, 0.25) is 0 Å². The second-order valence-electron chi connectivity index (χ2n) is 2.42. The van der Waals surface area contributed by atoms with Crippen LogP contribution in [-0.4, -0.2) is 32.1 Å². The summed E-state index contributed by atoms with van der Waals surface area (Å²) in [6.07, 6.45) is 0.208. The van der Waals surface area contributed by atoms with Crippen LogP contribution in [0.1, 0.15) is 20.3 Å². The average Bonchev–Trinajstić information content (AvgIpc) is 1.99. The fourth-order valence-electron chi connectivity index (χ4n) is 0.727. The molecule has 0 aromatic carbocycles. The van der Waals surface area contributed by atoms with Gasteiger partial charge in [0.25, 0.3) is 10.2 Å². The summed E-state index contributed by atoms with van der Waals surface area (Å²) in [7, 11) is -3.67. The molecule has 0 aliphatic rings. The van der Waals surface area contributed by atoms with Gasteiger partial charge in [-0.05, 0) is 6.42 Å². The van der Waals surface area contributed by atoms with Gasteiger partial charge in [0.05, 0.1) is 0 Å². The van der Waals surface area contributed by atoms with Crippen LogP contribution >= 0.6 is 0 Å². The zero-order chi connectivity index (χ0) is 10.5. The van der Waals surface area contributed by atoms with E-state index in [9.17, 15) is 13.2 Å². The number of carbonyl (C=O) groups is 1. The van der Waals surface area contributed by atoms with E-state index in [4.69, 9.17) is 5.11 Å². The van der Waals surface area contributed by atoms with E-state index in [1.165, 1.54) is 0 Å². The van der Waals surface area contributed by atoms with Crippen molar-refractivity contribution in [3.63, 3.8) is 0 Å². The van der Waals surface area contributed by atoms with Crippen LogP contribution in [0.5, 0.6) is 0 Å². The molecule has 1 unspecified atom stereocenters. The molecule has 7 heteroatoms. The summed E-state index contributed by atoms with van der Waals surface area (Å²) in [5, 5.41) is 8.55. The van der Waals surface area contributed by atoms with Crippen LogP contribution in [-0.2, 0) is 15.0 Å². The summed E-state index contributed by atoms with van der Waals surface area (Å²) in [4.78, 5) is 10.5. The van der Waals surface area contributed by atoms with Gasteiger partial charge in [-0.3, -0.25) is 4.79 Å². The molecule has 0 rings (SSSR count). The predicted octanol–water partition coefficient (Wildman–Crippen LogP) is -0.706. The van der Waals surface area contributed by atoms with Crippen molar-refractivity contribution in [1.29, 1.82) is 0 Å². The fraction of sp³-hybridized carbons (Fsp3) is 0.833. The van der Waals surface area contributed by atoms with Gasteiger partial charge in [-0.15, -0.1) is 0 Å². The molecule has 3 N–H and O–H groups in total. The molecule has 0 bridgehead atoms. The lowest BCUT2D eigenvalue weighted by Gasteiger charge is -2.12. The molecule has 0 amide bonds. The topological polar surface area (TPSA) is 95.5 Å². The van der Waals surface area contributed by atoms with Gasteiger partial charge in [-0.2, -0.15) is 13.1 Å². The second kappa shape index (κ2) is 5.15. The van der Waals surface area contributed by atoms with Crippen molar-refractivity contribution in [3.05, 3.63) is 0 Å². The summed E-state index contributed by atoms with van der Waals surface area (Å²) in [5.41, 5.74) is 0. The highest BCUT2D eigenvalue weighted by Gasteiger charge is 2.20. The van der Waals surface area contributed by atoms with Crippen molar-refractivity contribution in [2.75, 3.05) is 6.54 Å². The summed E-state index contributed by atoms with van der Waals surface area (Å²) >= 11 is 0. The number of rotatable bonds is 6. The van der Waals surface area contributed by atoms with Crippen molar-refractivity contribution < 1.29 is 18.3 Å². The molecule has 0 saturated carbocycles. The minimum Gasteiger partial charge on any atom is -0.480 e. The van der Waals surface area contributed by atoms with Crippen molar-refractivity contribution in [2.24, 2.45) is 0 Å². The van der Waals surface area contributed by atoms with E-state index in [1.807, 2.05) is 4.72 Å². The monoisotopic (exact) mass is 210 g/mol. The Morgan fingerprint density at radius 2 is 2.00 bits per heavy atom. The summed E-state index contributed by atoms with van der Waals surface area (Å²) in [5.74, 6) is -1.18. The van der Waals surface area contributed by atoms with Crippen LogP contribution in [0.2, 0.25) is 0 Å². The Labute approximate surface area is 77.5 Å². The van der Waals surface area contributed by atoms with Gasteiger partial charge in [0.1, 0.15) is 6.04 Å². The van der Waals surface area contributed by atoms with Crippen LogP contribution in [0.4, 0.5) is 0 Å². The highest BCUT2D eigenvalue weighted by atomic mass is 32.2. The normalized spacial score (nSPS) is 14.0. The zero-order valence-corrected chi connectivity index (χ0v) is 8.39. The smallest absolute Gasteiger partial charge is 0.321 e. The van der Waals surface area contributed by atoms with Crippen LogP contribution in [0, 0.1) is 0 Å². The third-order valence-corrected chi connectivity index (χ3v) is 2.60. The predicted molar refractivity (Wildman–Crippen MR) is 47.4 cm³/mol. The third kappa shape index (κ3) is 4.81. The first-order valence-corrected chi connectivity index (χ1v) is 5.41. The van der Waals surface area contributed by atoms with Crippen molar-refractivity contribution >= 4 is 16.2 Å². The zero-order valence-electron chi connectivity index (χ0n) is 7.57. The first kappa shape index (κ1) is 12.3. The van der Waals surface area contributed by atoms with Gasteiger partial charge in [0.15, 0.2) is 0 Å². The van der Waals surface area contributed by atoms with Crippen molar-refractivity contribution in [2.45, 2.75) is 26.3 Å². The summed E-state index contributed by atoms with van der Waals surface area (Å²) < 4.78 is 26.2. The number of hydrogen-bond acceptors (Lipinski definition) is 3. The van der Waals surface area contributed by atoms with Gasteiger partial charge < -0.3 is 5.11 Å². The van der Waals surface area contributed by atoms with E-state index in [0.29, 0.717) is 0 Å². The SMILES string of the molecule is CCNS(=O)(=O)NC(CC)C(=O)O. The first-order valence-electron chi connectivity index (χ1n) is 3.92. The maximum Gasteiger partial charge on any atom is 0.321 e. The van der Waals surface area contributed by atoms with Crippen LogP contribution in [0.3, 0.4) is 0 Å². The number of aliphatic carboxylic acids is 1. The lowest BCUT2D eigenvalue weighted by Crippen LogP contribution is -2.45. The minimum atomic E-state index is -3.67. The van der Waals surface area contributed by atoms with Gasteiger partial charge >= 0.3 is 5.97 Å². The highest BCUT2D eigenvalue weighted by molar-refractivity contribution is 7.87. The first-order chi connectivity index (χ1) is 5.93. The number of nitrogens with one attached hydrogen (secondary N) is 2. The molecular weight excluding hydrogens is 196 g/mol. The number of carboxylic acid groups (broad SMARTS) is 1. The molecule has 0 aromatic rings. The van der Waals surface area contributed by atoms with E-state index in [1.54, 1.807) is 13.8 Å². The van der Waals surface area contributed by atoms with Gasteiger partial charge in [0, 0.05) is 6.54 Å². The quantitative estimate of drug-likeness (QED) is 0.540. The summed E-state index contributed by atoms with van der Waals surface area (Å²) in [6, 6.07) is -1.07. The van der Waals surface area contributed by atoms with Crippen LogP contribution in [0.15, 0.2) is 0 Å². The van der Waals surface area contributed by atoms with Gasteiger partial charge in [-0.25, -0.2) is 4.72 Å². The molecule has 0 fully saturated rings. The molecule has 0 aromatic heterocycles. The maximum absolute atomic E-state index is 11.0. The number of hydrogen-bond donors (Lipinski definition) is 3.